The summed E-state index contributed by atoms with van der Waals surface area (Å²) in [4.78, 5) is 2.36. The molecule has 0 bridgehead atoms. The van der Waals surface area contributed by atoms with E-state index in [1.54, 1.807) is 0 Å². The van der Waals surface area contributed by atoms with E-state index in [9.17, 15) is 4.53 Å². The Morgan fingerprint density at radius 1 is 1.50 bits per heavy atom. The van der Waals surface area contributed by atoms with E-state index in [2.05, 4.69) is 4.86 Å². The van der Waals surface area contributed by atoms with E-state index in [0.29, 0.717) is 0 Å². The molecule has 0 aliphatic rings. The molecule has 32 valence electrons. The Morgan fingerprint density at radius 2 is 1.67 bits per heavy atom. The van der Waals surface area contributed by atoms with Gasteiger partial charge < -0.3 is 10.0 Å². The van der Waals surface area contributed by atoms with Crippen molar-refractivity contribution in [3.05, 3.63) is 0 Å². The van der Waals surface area contributed by atoms with Crippen molar-refractivity contribution in [1.29, 1.82) is 0 Å². The van der Waals surface area contributed by atoms with Crippen LogP contribution in [0.3, 0.4) is 0 Å². The first-order valence-electron chi connectivity index (χ1n) is 0.906. The Morgan fingerprint density at radius 3 is 1.67 bits per heavy atom. The summed E-state index contributed by atoms with van der Waals surface area (Å²) in [6.07, 6.45) is 0. The van der Waals surface area contributed by atoms with Gasteiger partial charge in [-0.1, -0.05) is 4.53 Å². The van der Waals surface area contributed by atoms with Gasteiger partial charge in [0, 0.05) is 0 Å². The van der Waals surface area contributed by atoms with Gasteiger partial charge in [-0.2, -0.15) is 4.86 Å². The van der Waals surface area contributed by atoms with Crippen molar-refractivity contribution in [2.24, 2.45) is 0 Å². The molecule has 0 saturated carbocycles. The number of rotatable bonds is 1. The second-order valence-corrected chi connectivity index (χ2v) is 0.415. The van der Waals surface area contributed by atoms with Crippen LogP contribution in [0.2, 0.25) is 0 Å². The van der Waals surface area contributed by atoms with E-state index in [4.69, 9.17) is 10.0 Å². The summed E-state index contributed by atoms with van der Waals surface area (Å²) >= 11 is 0. The van der Waals surface area contributed by atoms with Crippen molar-refractivity contribution in [1.82, 2.24) is 0 Å². The third-order valence-electron chi connectivity index (χ3n) is 0.0797. The van der Waals surface area contributed by atoms with Crippen LogP contribution >= 0.6 is 0 Å². The molecule has 0 fully saturated rings. The van der Waals surface area contributed by atoms with E-state index < -0.39 is 7.32 Å². The standard InChI is InChI=1S/BFH2O3.Li.H/c2-5-1(3)4;;/h3-4H;;. The molecule has 3 nitrogen and oxygen atoms in total. The topological polar surface area (TPSA) is 49.7 Å². The fourth-order valence-electron chi connectivity index (χ4n) is 0. The van der Waals surface area contributed by atoms with E-state index in [0.717, 1.165) is 0 Å². The molecule has 0 aliphatic carbocycles. The van der Waals surface area contributed by atoms with E-state index in [-0.39, 0.29) is 18.9 Å². The minimum absolute atomic E-state index is 0. The Bertz CT molecular complexity index is 24.8. The molecule has 0 radical (unpaired) electrons. The fraction of sp³-hybridized carbons (Fsp3) is 0. The van der Waals surface area contributed by atoms with Gasteiger partial charge in [0.1, 0.15) is 0 Å². The average Bonchev–Trinajstić information content (AvgIpc) is 1.38. The van der Waals surface area contributed by atoms with Gasteiger partial charge in [0.15, 0.2) is 0 Å². The Kier molecular flexibility index (Phi) is 8.84. The van der Waals surface area contributed by atoms with Gasteiger partial charge in [0.2, 0.25) is 0 Å². The molecule has 0 rings (SSSR count). The first-order valence-corrected chi connectivity index (χ1v) is 0.906. The molecule has 0 aromatic carbocycles. The van der Waals surface area contributed by atoms with Crippen LogP contribution < -0.4 is 0 Å². The summed E-state index contributed by atoms with van der Waals surface area (Å²) in [5.41, 5.74) is 0. The average molecular weight is 87.8 g/mol. The predicted octanol–water partition coefficient (Wildman–Crippen LogP) is -1.79. The molecule has 0 aromatic heterocycles. The maximum absolute atomic E-state index is 10.1. The van der Waals surface area contributed by atoms with Crippen molar-refractivity contribution < 1.29 is 19.4 Å². The predicted molar refractivity (Wildman–Crippen MR) is 19.5 cm³/mol. The molecule has 0 unspecified atom stereocenters. The molecule has 6 heavy (non-hydrogen) atoms. The summed E-state index contributed by atoms with van der Waals surface area (Å²) < 4.78 is 10.1. The van der Waals surface area contributed by atoms with Gasteiger partial charge in [0.25, 0.3) is 0 Å². The minimum atomic E-state index is -2.28. The summed E-state index contributed by atoms with van der Waals surface area (Å²) in [5.74, 6) is 0. The normalized spacial score (nSPS) is 6.50. The van der Waals surface area contributed by atoms with Crippen molar-refractivity contribution in [2.45, 2.75) is 0 Å². The van der Waals surface area contributed by atoms with Crippen LogP contribution in [-0.4, -0.2) is 36.2 Å². The van der Waals surface area contributed by atoms with E-state index in [1.165, 1.54) is 0 Å². The Balaban J connectivity index is 0. The van der Waals surface area contributed by atoms with Crippen LogP contribution in [0.25, 0.3) is 0 Å². The molecular weight excluding hydrogens is 84.7 g/mol. The van der Waals surface area contributed by atoms with Crippen LogP contribution in [-0.2, 0) is 4.86 Å². The summed E-state index contributed by atoms with van der Waals surface area (Å²) in [6.45, 7) is 0. The van der Waals surface area contributed by atoms with E-state index >= 15 is 0 Å². The van der Waals surface area contributed by atoms with Crippen molar-refractivity contribution in [3.63, 3.8) is 0 Å². The number of hydrogen-bond donors (Lipinski definition) is 2. The molecule has 0 atom stereocenters. The van der Waals surface area contributed by atoms with Gasteiger partial charge in [0.05, 0.1) is 0 Å². The van der Waals surface area contributed by atoms with Gasteiger partial charge in [-0.15, -0.1) is 0 Å². The molecule has 0 saturated heterocycles. The van der Waals surface area contributed by atoms with Gasteiger partial charge in [-0.05, 0) is 0 Å². The van der Waals surface area contributed by atoms with Crippen LogP contribution in [0.4, 0.5) is 4.53 Å². The first-order chi connectivity index (χ1) is 2.27. The Hall–Kier alpha value is 0.472. The number of hydrogen-bond acceptors (Lipinski definition) is 3. The quantitative estimate of drug-likeness (QED) is 0.372. The third kappa shape index (κ3) is 8.82. The number of halogens is 1. The molecule has 0 aromatic rings. The summed E-state index contributed by atoms with van der Waals surface area (Å²) in [5, 5.41) is 14.6. The zero-order valence-electron chi connectivity index (χ0n) is 2.26. The molecule has 2 N–H and O–H groups in total. The molecule has 0 heterocycles. The zero-order chi connectivity index (χ0) is 4.28. The monoisotopic (exact) mass is 88.0 g/mol. The second kappa shape index (κ2) is 5.47. The molecule has 6 heteroatoms. The summed E-state index contributed by atoms with van der Waals surface area (Å²) in [7, 11) is -2.28. The van der Waals surface area contributed by atoms with Gasteiger partial charge in [-0.3, -0.25) is 0 Å². The van der Waals surface area contributed by atoms with Crippen molar-refractivity contribution in [2.75, 3.05) is 0 Å². The third-order valence-corrected chi connectivity index (χ3v) is 0.0797. The SMILES string of the molecule is OB(O)OF.[LiH]. The molecular formula is H3BFLiO3. The van der Waals surface area contributed by atoms with Gasteiger partial charge in [-0.25, -0.2) is 0 Å². The second-order valence-electron chi connectivity index (χ2n) is 0.415. The van der Waals surface area contributed by atoms with Crippen molar-refractivity contribution >= 4 is 26.2 Å². The fourth-order valence-corrected chi connectivity index (χ4v) is 0. The molecule has 0 spiro atoms. The zero-order valence-corrected chi connectivity index (χ0v) is 2.26. The van der Waals surface area contributed by atoms with Gasteiger partial charge >= 0.3 is 26.2 Å². The van der Waals surface area contributed by atoms with E-state index in [1.807, 2.05) is 0 Å². The summed E-state index contributed by atoms with van der Waals surface area (Å²) in [6, 6.07) is 0. The van der Waals surface area contributed by atoms with Crippen LogP contribution in [0.5, 0.6) is 0 Å². The molecule has 0 amide bonds. The molecule has 0 aliphatic heterocycles. The maximum atomic E-state index is 10.1. The van der Waals surface area contributed by atoms with Crippen molar-refractivity contribution in [3.8, 4) is 0 Å². The van der Waals surface area contributed by atoms with Crippen LogP contribution in [0.1, 0.15) is 0 Å². The van der Waals surface area contributed by atoms with Crippen LogP contribution in [0.15, 0.2) is 0 Å². The van der Waals surface area contributed by atoms with Crippen LogP contribution in [0, 0.1) is 0 Å². The first kappa shape index (κ1) is 9.69. The Labute approximate surface area is 46.4 Å².